The molecule has 0 radical (unpaired) electrons. The van der Waals surface area contributed by atoms with Crippen molar-refractivity contribution in [2.24, 2.45) is 0 Å². The van der Waals surface area contributed by atoms with Crippen LogP contribution in [-0.4, -0.2) is 37.9 Å². The van der Waals surface area contributed by atoms with Crippen LogP contribution in [-0.2, 0) is 23.8 Å². The second kappa shape index (κ2) is 43.8. The quantitative estimate of drug-likeness (QED) is 0.0355. The number of esters is 2. The van der Waals surface area contributed by atoms with Crippen LogP contribution in [0.15, 0.2) is 24.3 Å². The first-order chi connectivity index (χ1) is 25.6. The molecule has 0 aliphatic carbocycles. The van der Waals surface area contributed by atoms with Crippen molar-refractivity contribution in [1.82, 2.24) is 0 Å². The fraction of sp³-hybridized carbons (Fsp3) is 0.872. The Morgan fingerprint density at radius 3 is 1.31 bits per heavy atom. The van der Waals surface area contributed by atoms with Gasteiger partial charge in [0.15, 0.2) is 6.10 Å². The van der Waals surface area contributed by atoms with Crippen LogP contribution in [0.25, 0.3) is 0 Å². The molecule has 5 nitrogen and oxygen atoms in total. The van der Waals surface area contributed by atoms with Crippen molar-refractivity contribution in [2.75, 3.05) is 19.8 Å². The van der Waals surface area contributed by atoms with Crippen LogP contribution in [0.2, 0.25) is 0 Å². The molecule has 5 heteroatoms. The maximum Gasteiger partial charge on any atom is 0.306 e. The number of rotatable bonds is 42. The summed E-state index contributed by atoms with van der Waals surface area (Å²) in [4.78, 5) is 25.2. The molecule has 0 aliphatic heterocycles. The van der Waals surface area contributed by atoms with Gasteiger partial charge < -0.3 is 14.2 Å². The highest BCUT2D eigenvalue weighted by Gasteiger charge is 2.17. The van der Waals surface area contributed by atoms with E-state index in [2.05, 4.69) is 45.1 Å². The molecule has 0 aliphatic rings. The van der Waals surface area contributed by atoms with Crippen molar-refractivity contribution in [1.29, 1.82) is 0 Å². The Bertz CT molecular complexity index is 791. The minimum atomic E-state index is -0.531. The number of carbonyl (C=O) groups excluding carboxylic acids is 2. The van der Waals surface area contributed by atoms with Crippen LogP contribution in [0.4, 0.5) is 0 Å². The van der Waals surface area contributed by atoms with Crippen molar-refractivity contribution in [3.8, 4) is 0 Å². The number of unbranched alkanes of at least 4 members (excludes halogenated alkanes) is 27. The minimum absolute atomic E-state index is 0.0844. The van der Waals surface area contributed by atoms with Gasteiger partial charge >= 0.3 is 11.9 Å². The fourth-order valence-corrected chi connectivity index (χ4v) is 6.54. The zero-order valence-corrected chi connectivity index (χ0v) is 35.1. The highest BCUT2D eigenvalue weighted by molar-refractivity contribution is 5.70. The van der Waals surface area contributed by atoms with E-state index in [0.717, 1.165) is 51.4 Å². The molecule has 0 spiro atoms. The topological polar surface area (TPSA) is 61.8 Å². The van der Waals surface area contributed by atoms with Gasteiger partial charge in [-0.05, 0) is 51.4 Å². The molecule has 0 heterocycles. The molecule has 0 aromatic rings. The Morgan fingerprint density at radius 2 is 0.808 bits per heavy atom. The predicted molar refractivity (Wildman–Crippen MR) is 224 cm³/mol. The van der Waals surface area contributed by atoms with Gasteiger partial charge in [-0.2, -0.15) is 0 Å². The van der Waals surface area contributed by atoms with Gasteiger partial charge in [0.05, 0.1) is 6.61 Å². The average molecular weight is 733 g/mol. The minimum Gasteiger partial charge on any atom is -0.462 e. The van der Waals surface area contributed by atoms with E-state index in [0.29, 0.717) is 26.1 Å². The molecule has 0 saturated heterocycles. The summed E-state index contributed by atoms with van der Waals surface area (Å²) < 4.78 is 17.3. The molecule has 0 amide bonds. The van der Waals surface area contributed by atoms with E-state index in [9.17, 15) is 9.59 Å². The van der Waals surface area contributed by atoms with Crippen LogP contribution in [0.1, 0.15) is 239 Å². The summed E-state index contributed by atoms with van der Waals surface area (Å²) in [6.07, 6.45) is 48.8. The normalized spacial score (nSPS) is 12.3. The third-order valence-electron chi connectivity index (χ3n) is 9.99. The van der Waals surface area contributed by atoms with Crippen LogP contribution in [0.5, 0.6) is 0 Å². The number of hydrogen-bond acceptors (Lipinski definition) is 5. The number of carbonyl (C=O) groups is 2. The largest absolute Gasteiger partial charge is 0.462 e. The summed E-state index contributed by atoms with van der Waals surface area (Å²) in [6, 6.07) is 0. The molecule has 0 bridgehead atoms. The van der Waals surface area contributed by atoms with Gasteiger partial charge in [-0.25, -0.2) is 0 Å². The smallest absolute Gasteiger partial charge is 0.306 e. The van der Waals surface area contributed by atoms with Gasteiger partial charge in [0.2, 0.25) is 0 Å². The van der Waals surface area contributed by atoms with Crippen molar-refractivity contribution in [3.05, 3.63) is 24.3 Å². The van der Waals surface area contributed by atoms with Crippen molar-refractivity contribution < 1.29 is 23.8 Å². The third kappa shape index (κ3) is 41.1. The Morgan fingerprint density at radius 1 is 0.423 bits per heavy atom. The second-order valence-corrected chi connectivity index (χ2v) is 15.3. The molecule has 1 atom stereocenters. The molecular formula is C47H88O5. The Kier molecular flexibility index (Phi) is 42.4. The van der Waals surface area contributed by atoms with Gasteiger partial charge in [-0.15, -0.1) is 0 Å². The second-order valence-electron chi connectivity index (χ2n) is 15.3. The lowest BCUT2D eigenvalue weighted by molar-refractivity contribution is -0.163. The van der Waals surface area contributed by atoms with E-state index < -0.39 is 6.10 Å². The summed E-state index contributed by atoms with van der Waals surface area (Å²) in [5.74, 6) is -0.404. The first-order valence-corrected chi connectivity index (χ1v) is 22.9. The molecule has 52 heavy (non-hydrogen) atoms. The van der Waals surface area contributed by atoms with E-state index in [1.807, 2.05) is 0 Å². The third-order valence-corrected chi connectivity index (χ3v) is 9.99. The molecule has 306 valence electrons. The summed E-state index contributed by atoms with van der Waals surface area (Å²) in [5, 5.41) is 0. The number of allylic oxidation sites excluding steroid dienone is 4. The molecule has 0 aromatic heterocycles. The summed E-state index contributed by atoms with van der Waals surface area (Å²) in [5.41, 5.74) is 0. The maximum absolute atomic E-state index is 12.7. The Balaban J connectivity index is 4.21. The summed E-state index contributed by atoms with van der Waals surface area (Å²) in [6.45, 7) is 7.80. The first kappa shape index (κ1) is 50.4. The molecule has 0 aromatic carbocycles. The van der Waals surface area contributed by atoms with E-state index in [1.165, 1.54) is 154 Å². The first-order valence-electron chi connectivity index (χ1n) is 22.9. The maximum atomic E-state index is 12.7. The Labute approximate surface area is 324 Å². The molecule has 0 rings (SSSR count). The average Bonchev–Trinajstić information content (AvgIpc) is 3.14. The molecule has 0 saturated carbocycles. The van der Waals surface area contributed by atoms with Gasteiger partial charge in [0, 0.05) is 19.4 Å². The fourth-order valence-electron chi connectivity index (χ4n) is 6.54. The zero-order chi connectivity index (χ0) is 37.8. The van der Waals surface area contributed by atoms with Crippen LogP contribution >= 0.6 is 0 Å². The van der Waals surface area contributed by atoms with Crippen LogP contribution in [0.3, 0.4) is 0 Å². The van der Waals surface area contributed by atoms with Gasteiger partial charge in [-0.3, -0.25) is 9.59 Å². The zero-order valence-electron chi connectivity index (χ0n) is 35.1. The van der Waals surface area contributed by atoms with Crippen LogP contribution < -0.4 is 0 Å². The molecule has 1 unspecified atom stereocenters. The monoisotopic (exact) mass is 733 g/mol. The van der Waals surface area contributed by atoms with Gasteiger partial charge in [0.25, 0.3) is 0 Å². The van der Waals surface area contributed by atoms with Gasteiger partial charge in [-0.1, -0.05) is 199 Å². The van der Waals surface area contributed by atoms with E-state index >= 15 is 0 Å². The van der Waals surface area contributed by atoms with Crippen molar-refractivity contribution in [3.63, 3.8) is 0 Å². The standard InChI is InChI=1S/C47H88O5/c1-4-7-10-13-16-19-21-23-24-25-26-29-31-34-37-40-46(48)51-44-45(52-47(49)41-38-35-32-28-18-15-12-9-6-3)43-50-42-39-36-33-30-27-22-20-17-14-11-8-5-2/h16,19,23-24,45H,4-15,17-18,20-22,25-44H2,1-3H3/b19-16-,24-23-. The molecular weight excluding hydrogens is 645 g/mol. The van der Waals surface area contributed by atoms with E-state index in [-0.39, 0.29) is 18.5 Å². The molecule has 0 N–H and O–H groups in total. The van der Waals surface area contributed by atoms with Gasteiger partial charge in [0.1, 0.15) is 6.61 Å². The van der Waals surface area contributed by atoms with Crippen molar-refractivity contribution >= 4 is 11.9 Å². The van der Waals surface area contributed by atoms with E-state index in [4.69, 9.17) is 14.2 Å². The summed E-state index contributed by atoms with van der Waals surface area (Å²) in [7, 11) is 0. The number of hydrogen-bond donors (Lipinski definition) is 0. The number of ether oxygens (including phenoxy) is 3. The lowest BCUT2D eigenvalue weighted by Gasteiger charge is -2.18. The SMILES string of the molecule is CCCCC/C=C\C/C=C\CCCCCCCC(=O)OCC(COCCCCCCCCCCCCCC)OC(=O)CCCCCCCCCCC. The van der Waals surface area contributed by atoms with Crippen LogP contribution in [0, 0.1) is 0 Å². The Hall–Kier alpha value is -1.62. The highest BCUT2D eigenvalue weighted by Crippen LogP contribution is 2.14. The lowest BCUT2D eigenvalue weighted by Crippen LogP contribution is -2.30. The van der Waals surface area contributed by atoms with Crippen molar-refractivity contribution in [2.45, 2.75) is 245 Å². The summed E-state index contributed by atoms with van der Waals surface area (Å²) >= 11 is 0. The lowest BCUT2D eigenvalue weighted by atomic mass is 10.1. The molecule has 0 fully saturated rings. The van der Waals surface area contributed by atoms with E-state index in [1.54, 1.807) is 0 Å². The predicted octanol–water partition coefficient (Wildman–Crippen LogP) is 14.9. The highest BCUT2D eigenvalue weighted by atomic mass is 16.6.